The summed E-state index contributed by atoms with van der Waals surface area (Å²) in [4.78, 5) is 25.0. The maximum Gasteiger partial charge on any atom is 0.227 e. The molecular formula is C22H24F2N2O2. The molecule has 3 rings (SSSR count). The maximum absolute atomic E-state index is 13.4. The first kappa shape index (κ1) is 20.0. The molecule has 2 aromatic carbocycles. The fraction of sp³-hybridized carbons (Fsp3) is 0.364. The third-order valence-electron chi connectivity index (χ3n) is 5.38. The van der Waals surface area contributed by atoms with E-state index in [1.807, 2.05) is 13.8 Å². The van der Waals surface area contributed by atoms with Crippen LogP contribution in [0.1, 0.15) is 36.8 Å². The summed E-state index contributed by atoms with van der Waals surface area (Å²) in [6.07, 6.45) is 2.33. The Labute approximate surface area is 163 Å². The minimum atomic E-state index is -0.395. The summed E-state index contributed by atoms with van der Waals surface area (Å²) in [7, 11) is 0. The van der Waals surface area contributed by atoms with Gasteiger partial charge in [0.1, 0.15) is 11.6 Å². The zero-order chi connectivity index (χ0) is 20.3. The lowest BCUT2D eigenvalue weighted by molar-refractivity contribution is -0.125. The van der Waals surface area contributed by atoms with Crippen molar-refractivity contribution in [1.29, 1.82) is 0 Å². The molecule has 4 nitrogen and oxygen atoms in total. The molecule has 0 saturated heterocycles. The highest BCUT2D eigenvalue weighted by Gasteiger charge is 2.30. The van der Waals surface area contributed by atoms with E-state index in [9.17, 15) is 18.4 Å². The number of carbonyl (C=O) groups is 2. The molecule has 0 aliphatic heterocycles. The smallest absolute Gasteiger partial charge is 0.227 e. The summed E-state index contributed by atoms with van der Waals surface area (Å²) < 4.78 is 26.8. The summed E-state index contributed by atoms with van der Waals surface area (Å²) in [5.74, 6) is -1.49. The van der Waals surface area contributed by atoms with Crippen LogP contribution >= 0.6 is 0 Å². The predicted octanol–water partition coefficient (Wildman–Crippen LogP) is 4.97. The van der Waals surface area contributed by atoms with Gasteiger partial charge in [-0.3, -0.25) is 9.59 Å². The lowest BCUT2D eigenvalue weighted by atomic mass is 9.81. The van der Waals surface area contributed by atoms with Crippen LogP contribution in [0.4, 0.5) is 20.2 Å². The number of rotatable bonds is 4. The fourth-order valence-corrected chi connectivity index (χ4v) is 3.55. The van der Waals surface area contributed by atoms with Crippen LogP contribution in [-0.2, 0) is 9.59 Å². The van der Waals surface area contributed by atoms with Crippen LogP contribution in [0.2, 0.25) is 0 Å². The second kappa shape index (κ2) is 8.50. The average Bonchev–Trinajstić information content (AvgIpc) is 2.67. The Bertz CT molecular complexity index is 817. The van der Waals surface area contributed by atoms with Crippen molar-refractivity contribution >= 4 is 23.2 Å². The molecule has 0 bridgehead atoms. The monoisotopic (exact) mass is 386 g/mol. The molecule has 2 amide bonds. The van der Waals surface area contributed by atoms with Gasteiger partial charge in [-0.05, 0) is 74.9 Å². The number of anilines is 2. The highest BCUT2D eigenvalue weighted by Crippen LogP contribution is 2.31. The third kappa shape index (κ3) is 4.74. The average molecular weight is 386 g/mol. The molecule has 1 saturated carbocycles. The summed E-state index contributed by atoms with van der Waals surface area (Å²) in [6.45, 7) is 3.62. The van der Waals surface area contributed by atoms with Crippen LogP contribution in [0.15, 0.2) is 36.4 Å². The van der Waals surface area contributed by atoms with E-state index in [2.05, 4.69) is 10.6 Å². The Morgan fingerprint density at radius 3 is 1.46 bits per heavy atom. The van der Waals surface area contributed by atoms with Crippen LogP contribution in [0.3, 0.4) is 0 Å². The van der Waals surface area contributed by atoms with E-state index < -0.39 is 11.6 Å². The molecule has 1 aliphatic rings. The number of amides is 2. The Hall–Kier alpha value is -2.76. The lowest BCUT2D eigenvalue weighted by Gasteiger charge is -2.27. The van der Waals surface area contributed by atoms with Crippen molar-refractivity contribution in [1.82, 2.24) is 0 Å². The van der Waals surface area contributed by atoms with Gasteiger partial charge in [0.05, 0.1) is 0 Å². The van der Waals surface area contributed by atoms with Gasteiger partial charge < -0.3 is 10.6 Å². The molecule has 6 heteroatoms. The molecule has 0 unspecified atom stereocenters. The van der Waals surface area contributed by atoms with E-state index in [1.165, 1.54) is 24.3 Å². The predicted molar refractivity (Wildman–Crippen MR) is 105 cm³/mol. The molecule has 148 valence electrons. The molecule has 2 N–H and O–H groups in total. The van der Waals surface area contributed by atoms with Gasteiger partial charge in [-0.1, -0.05) is 12.1 Å². The van der Waals surface area contributed by atoms with Crippen molar-refractivity contribution in [2.45, 2.75) is 39.5 Å². The number of hydrogen-bond acceptors (Lipinski definition) is 2. The van der Waals surface area contributed by atoms with Gasteiger partial charge in [0.2, 0.25) is 11.8 Å². The largest absolute Gasteiger partial charge is 0.326 e. The second-order valence-electron chi connectivity index (χ2n) is 7.45. The van der Waals surface area contributed by atoms with E-state index in [4.69, 9.17) is 0 Å². The molecule has 2 aromatic rings. The number of halogens is 2. The molecule has 1 fully saturated rings. The summed E-state index contributed by atoms with van der Waals surface area (Å²) in [5, 5.41) is 5.59. The van der Waals surface area contributed by atoms with Gasteiger partial charge in [-0.15, -0.1) is 0 Å². The highest BCUT2D eigenvalue weighted by molar-refractivity contribution is 5.95. The van der Waals surface area contributed by atoms with Gasteiger partial charge in [0.25, 0.3) is 0 Å². The summed E-state index contributed by atoms with van der Waals surface area (Å²) in [6, 6.07) is 8.59. The van der Waals surface area contributed by atoms with E-state index >= 15 is 0 Å². The zero-order valence-electron chi connectivity index (χ0n) is 16.0. The van der Waals surface area contributed by atoms with Crippen molar-refractivity contribution in [3.05, 3.63) is 59.2 Å². The van der Waals surface area contributed by atoms with Crippen molar-refractivity contribution in [2.75, 3.05) is 10.6 Å². The van der Waals surface area contributed by atoms with E-state index in [0.29, 0.717) is 37.1 Å². The van der Waals surface area contributed by atoms with Gasteiger partial charge in [-0.2, -0.15) is 0 Å². The SMILES string of the molecule is Cc1ccc(F)cc1NC(=O)C1CCC(C(=O)Nc2cc(F)ccc2C)CC1. The topological polar surface area (TPSA) is 58.2 Å². The first-order chi connectivity index (χ1) is 13.3. The fourth-order valence-electron chi connectivity index (χ4n) is 3.55. The summed E-state index contributed by atoms with van der Waals surface area (Å²) in [5.41, 5.74) is 2.56. The molecule has 0 heterocycles. The van der Waals surface area contributed by atoms with Gasteiger partial charge in [0.15, 0.2) is 0 Å². The molecule has 28 heavy (non-hydrogen) atoms. The molecular weight excluding hydrogens is 362 g/mol. The minimum Gasteiger partial charge on any atom is -0.326 e. The van der Waals surface area contributed by atoms with Gasteiger partial charge >= 0.3 is 0 Å². The van der Waals surface area contributed by atoms with Crippen LogP contribution < -0.4 is 10.6 Å². The normalized spacial score (nSPS) is 19.1. The van der Waals surface area contributed by atoms with Crippen molar-refractivity contribution in [2.24, 2.45) is 11.8 Å². The first-order valence-corrected chi connectivity index (χ1v) is 9.47. The summed E-state index contributed by atoms with van der Waals surface area (Å²) >= 11 is 0. The lowest BCUT2D eigenvalue weighted by Crippen LogP contribution is -2.32. The zero-order valence-corrected chi connectivity index (χ0v) is 16.0. The quantitative estimate of drug-likeness (QED) is 0.780. The van der Waals surface area contributed by atoms with Crippen LogP contribution in [0, 0.1) is 37.3 Å². The number of benzene rings is 2. The van der Waals surface area contributed by atoms with Crippen molar-refractivity contribution in [3.63, 3.8) is 0 Å². The molecule has 0 aromatic heterocycles. The minimum absolute atomic E-state index is 0.145. The third-order valence-corrected chi connectivity index (χ3v) is 5.38. The Kier molecular flexibility index (Phi) is 6.07. The highest BCUT2D eigenvalue weighted by atomic mass is 19.1. The Morgan fingerprint density at radius 1 is 0.750 bits per heavy atom. The molecule has 1 aliphatic carbocycles. The molecule has 0 spiro atoms. The number of aryl methyl sites for hydroxylation is 2. The number of hydrogen-bond donors (Lipinski definition) is 2. The van der Waals surface area contributed by atoms with Crippen LogP contribution in [0.5, 0.6) is 0 Å². The second-order valence-corrected chi connectivity index (χ2v) is 7.45. The standard InChI is InChI=1S/C22H24F2N2O2/c1-13-3-9-17(23)11-19(13)25-21(27)15-5-7-16(8-6-15)22(28)26-20-12-18(24)10-4-14(20)2/h3-4,9-12,15-16H,5-8H2,1-2H3,(H,25,27)(H,26,28). The van der Waals surface area contributed by atoms with Gasteiger partial charge in [-0.25, -0.2) is 8.78 Å². The van der Waals surface area contributed by atoms with E-state index in [1.54, 1.807) is 12.1 Å². The van der Waals surface area contributed by atoms with Crippen LogP contribution in [-0.4, -0.2) is 11.8 Å². The van der Waals surface area contributed by atoms with E-state index in [0.717, 1.165) is 11.1 Å². The first-order valence-electron chi connectivity index (χ1n) is 9.47. The van der Waals surface area contributed by atoms with Crippen molar-refractivity contribution < 1.29 is 18.4 Å². The van der Waals surface area contributed by atoms with Crippen molar-refractivity contribution in [3.8, 4) is 0 Å². The van der Waals surface area contributed by atoms with Crippen LogP contribution in [0.25, 0.3) is 0 Å². The van der Waals surface area contributed by atoms with E-state index in [-0.39, 0.29) is 23.7 Å². The Balaban J connectivity index is 1.55. The number of carbonyl (C=O) groups excluding carboxylic acids is 2. The number of nitrogens with one attached hydrogen (secondary N) is 2. The maximum atomic E-state index is 13.4. The molecule has 0 radical (unpaired) electrons. The molecule has 0 atom stereocenters. The van der Waals surface area contributed by atoms with Gasteiger partial charge in [0, 0.05) is 23.2 Å². The Morgan fingerprint density at radius 2 is 1.11 bits per heavy atom.